The van der Waals surface area contributed by atoms with Gasteiger partial charge in [-0.05, 0) is 55.6 Å². The SMILES string of the molecule is CNC(Cc1ccc(C)cc1Cl)Cc1ccccc1OC. The van der Waals surface area contributed by atoms with Crippen LogP contribution < -0.4 is 10.1 Å². The molecular formula is C18H22ClNO. The summed E-state index contributed by atoms with van der Waals surface area (Å²) in [5.41, 5.74) is 3.58. The van der Waals surface area contributed by atoms with Crippen LogP contribution in [-0.4, -0.2) is 20.2 Å². The molecule has 0 spiro atoms. The van der Waals surface area contributed by atoms with Crippen LogP contribution >= 0.6 is 11.6 Å². The number of ether oxygens (including phenoxy) is 1. The van der Waals surface area contributed by atoms with Crippen molar-refractivity contribution in [2.75, 3.05) is 14.2 Å². The quantitative estimate of drug-likeness (QED) is 0.870. The average Bonchev–Trinajstić information content (AvgIpc) is 2.49. The summed E-state index contributed by atoms with van der Waals surface area (Å²) >= 11 is 6.34. The number of para-hydroxylation sites is 1. The van der Waals surface area contributed by atoms with E-state index in [9.17, 15) is 0 Å². The highest BCUT2D eigenvalue weighted by Crippen LogP contribution is 2.23. The number of benzene rings is 2. The smallest absolute Gasteiger partial charge is 0.122 e. The van der Waals surface area contributed by atoms with Crippen LogP contribution in [0.3, 0.4) is 0 Å². The largest absolute Gasteiger partial charge is 0.496 e. The monoisotopic (exact) mass is 303 g/mol. The van der Waals surface area contributed by atoms with Crippen molar-refractivity contribution in [1.29, 1.82) is 0 Å². The Morgan fingerprint density at radius 2 is 1.81 bits per heavy atom. The molecule has 1 N–H and O–H groups in total. The van der Waals surface area contributed by atoms with E-state index in [0.717, 1.165) is 23.6 Å². The number of hydrogen-bond donors (Lipinski definition) is 1. The second-order valence-corrected chi connectivity index (χ2v) is 5.71. The van der Waals surface area contributed by atoms with Gasteiger partial charge in [-0.3, -0.25) is 0 Å². The van der Waals surface area contributed by atoms with E-state index < -0.39 is 0 Å². The fraction of sp³-hybridized carbons (Fsp3) is 0.333. The van der Waals surface area contributed by atoms with Crippen molar-refractivity contribution in [1.82, 2.24) is 5.32 Å². The Labute approximate surface area is 132 Å². The summed E-state index contributed by atoms with van der Waals surface area (Å²) in [6, 6.07) is 14.7. The van der Waals surface area contributed by atoms with E-state index in [1.54, 1.807) is 7.11 Å². The van der Waals surface area contributed by atoms with Crippen molar-refractivity contribution in [2.45, 2.75) is 25.8 Å². The van der Waals surface area contributed by atoms with Gasteiger partial charge in [-0.25, -0.2) is 0 Å². The Kier molecular flexibility index (Phi) is 5.66. The first kappa shape index (κ1) is 15.9. The van der Waals surface area contributed by atoms with Gasteiger partial charge < -0.3 is 10.1 Å². The van der Waals surface area contributed by atoms with Gasteiger partial charge in [0.15, 0.2) is 0 Å². The normalized spacial score (nSPS) is 12.2. The molecule has 0 aromatic heterocycles. The maximum absolute atomic E-state index is 6.34. The third-order valence-corrected chi connectivity index (χ3v) is 4.09. The molecule has 2 aromatic rings. The summed E-state index contributed by atoms with van der Waals surface area (Å²) in [6.07, 6.45) is 1.80. The van der Waals surface area contributed by atoms with Crippen LogP contribution in [0.15, 0.2) is 42.5 Å². The third kappa shape index (κ3) is 4.23. The number of hydrogen-bond acceptors (Lipinski definition) is 2. The molecule has 0 heterocycles. The maximum atomic E-state index is 6.34. The fourth-order valence-electron chi connectivity index (χ4n) is 2.50. The zero-order valence-electron chi connectivity index (χ0n) is 12.8. The van der Waals surface area contributed by atoms with Crippen molar-refractivity contribution in [3.8, 4) is 5.75 Å². The molecule has 3 heteroatoms. The van der Waals surface area contributed by atoms with Gasteiger partial charge in [0.25, 0.3) is 0 Å². The Hall–Kier alpha value is -1.51. The average molecular weight is 304 g/mol. The van der Waals surface area contributed by atoms with Crippen LogP contribution in [0.25, 0.3) is 0 Å². The molecule has 0 aliphatic rings. The summed E-state index contributed by atoms with van der Waals surface area (Å²) in [6.45, 7) is 2.06. The third-order valence-electron chi connectivity index (χ3n) is 3.74. The standard InChI is InChI=1S/C18H22ClNO/c1-13-8-9-14(17(19)10-13)11-16(20-2)12-15-6-4-5-7-18(15)21-3/h4-10,16,20H,11-12H2,1-3H3. The summed E-state index contributed by atoms with van der Waals surface area (Å²) in [4.78, 5) is 0. The van der Waals surface area contributed by atoms with Crippen molar-refractivity contribution in [3.05, 3.63) is 64.2 Å². The lowest BCUT2D eigenvalue weighted by atomic mass is 9.98. The molecule has 0 radical (unpaired) electrons. The lowest BCUT2D eigenvalue weighted by Crippen LogP contribution is -2.30. The highest BCUT2D eigenvalue weighted by molar-refractivity contribution is 6.31. The first-order chi connectivity index (χ1) is 10.1. The maximum Gasteiger partial charge on any atom is 0.122 e. The van der Waals surface area contributed by atoms with Crippen LogP contribution in [0.2, 0.25) is 5.02 Å². The molecule has 1 atom stereocenters. The number of nitrogens with one attached hydrogen (secondary N) is 1. The zero-order chi connectivity index (χ0) is 15.2. The van der Waals surface area contributed by atoms with Gasteiger partial charge in [-0.2, -0.15) is 0 Å². The summed E-state index contributed by atoms with van der Waals surface area (Å²) in [5, 5.41) is 4.22. The van der Waals surface area contributed by atoms with Crippen LogP contribution in [0, 0.1) is 6.92 Å². The Morgan fingerprint density at radius 3 is 2.48 bits per heavy atom. The molecule has 0 saturated carbocycles. The number of halogens is 1. The molecule has 0 aliphatic carbocycles. The van der Waals surface area contributed by atoms with E-state index in [1.807, 2.05) is 31.3 Å². The molecule has 0 fully saturated rings. The molecule has 0 amide bonds. The minimum Gasteiger partial charge on any atom is -0.496 e. The molecule has 0 saturated heterocycles. The van der Waals surface area contributed by atoms with Gasteiger partial charge in [-0.1, -0.05) is 41.9 Å². The highest BCUT2D eigenvalue weighted by atomic mass is 35.5. The van der Waals surface area contributed by atoms with E-state index >= 15 is 0 Å². The number of likely N-dealkylation sites (N-methyl/N-ethyl adjacent to an activating group) is 1. The minimum atomic E-state index is 0.321. The Bertz CT molecular complexity index is 598. The summed E-state index contributed by atoms with van der Waals surface area (Å²) < 4.78 is 5.43. The van der Waals surface area contributed by atoms with Crippen molar-refractivity contribution in [2.24, 2.45) is 0 Å². The molecule has 2 rings (SSSR count). The number of aryl methyl sites for hydroxylation is 1. The van der Waals surface area contributed by atoms with Gasteiger partial charge >= 0.3 is 0 Å². The Balaban J connectivity index is 2.13. The second-order valence-electron chi connectivity index (χ2n) is 5.30. The number of methoxy groups -OCH3 is 1. The fourth-order valence-corrected chi connectivity index (χ4v) is 2.81. The first-order valence-corrected chi connectivity index (χ1v) is 7.56. The summed E-state index contributed by atoms with van der Waals surface area (Å²) in [7, 11) is 3.70. The lowest BCUT2D eigenvalue weighted by molar-refractivity contribution is 0.406. The van der Waals surface area contributed by atoms with E-state index in [2.05, 4.69) is 30.4 Å². The van der Waals surface area contributed by atoms with Crippen LogP contribution in [0.5, 0.6) is 5.75 Å². The van der Waals surface area contributed by atoms with Gasteiger partial charge in [-0.15, -0.1) is 0 Å². The molecule has 112 valence electrons. The lowest BCUT2D eigenvalue weighted by Gasteiger charge is -2.19. The molecular weight excluding hydrogens is 282 g/mol. The van der Waals surface area contributed by atoms with Crippen molar-refractivity contribution >= 4 is 11.6 Å². The first-order valence-electron chi connectivity index (χ1n) is 7.18. The van der Waals surface area contributed by atoms with E-state index in [-0.39, 0.29) is 0 Å². The van der Waals surface area contributed by atoms with Gasteiger partial charge in [0.05, 0.1) is 7.11 Å². The highest BCUT2D eigenvalue weighted by Gasteiger charge is 2.13. The molecule has 21 heavy (non-hydrogen) atoms. The van der Waals surface area contributed by atoms with Crippen LogP contribution in [0.1, 0.15) is 16.7 Å². The summed E-state index contributed by atoms with van der Waals surface area (Å²) in [5.74, 6) is 0.938. The van der Waals surface area contributed by atoms with E-state index in [4.69, 9.17) is 16.3 Å². The molecule has 1 unspecified atom stereocenters. The van der Waals surface area contributed by atoms with Crippen LogP contribution in [-0.2, 0) is 12.8 Å². The van der Waals surface area contributed by atoms with E-state index in [0.29, 0.717) is 6.04 Å². The van der Waals surface area contributed by atoms with Gasteiger partial charge in [0, 0.05) is 11.1 Å². The molecule has 0 aliphatic heterocycles. The zero-order valence-corrected chi connectivity index (χ0v) is 13.6. The van der Waals surface area contributed by atoms with E-state index in [1.165, 1.54) is 16.7 Å². The number of rotatable bonds is 6. The predicted molar refractivity (Wildman–Crippen MR) is 89.4 cm³/mol. The minimum absolute atomic E-state index is 0.321. The van der Waals surface area contributed by atoms with Gasteiger partial charge in [0.2, 0.25) is 0 Å². The second kappa shape index (κ2) is 7.48. The molecule has 2 nitrogen and oxygen atoms in total. The molecule has 2 aromatic carbocycles. The topological polar surface area (TPSA) is 21.3 Å². The predicted octanol–water partition coefficient (Wildman–Crippen LogP) is 4.03. The van der Waals surface area contributed by atoms with Crippen molar-refractivity contribution in [3.63, 3.8) is 0 Å². The van der Waals surface area contributed by atoms with Gasteiger partial charge in [0.1, 0.15) is 5.75 Å². The van der Waals surface area contributed by atoms with Crippen molar-refractivity contribution < 1.29 is 4.74 Å². The van der Waals surface area contributed by atoms with Crippen LogP contribution in [0.4, 0.5) is 0 Å². The molecule has 0 bridgehead atoms. The Morgan fingerprint density at radius 1 is 1.10 bits per heavy atom.